The molecule has 2 aromatic rings. The number of carbonyl (C=O) groups is 2. The third kappa shape index (κ3) is 3.02. The average molecular weight is 331 g/mol. The van der Waals surface area contributed by atoms with E-state index in [9.17, 15) is 14.0 Å². The minimum absolute atomic E-state index is 0.0364. The molecule has 1 aliphatic carbocycles. The van der Waals surface area contributed by atoms with E-state index in [2.05, 4.69) is 10.4 Å². The van der Waals surface area contributed by atoms with E-state index in [1.54, 1.807) is 12.1 Å². The number of aliphatic carboxylic acids is 1. The van der Waals surface area contributed by atoms with Crippen LogP contribution in [0.4, 0.5) is 4.39 Å². The van der Waals surface area contributed by atoms with E-state index in [4.69, 9.17) is 5.11 Å². The van der Waals surface area contributed by atoms with Crippen molar-refractivity contribution in [2.75, 3.05) is 6.54 Å². The summed E-state index contributed by atoms with van der Waals surface area (Å²) in [4.78, 5) is 22.8. The van der Waals surface area contributed by atoms with Crippen molar-refractivity contribution in [2.45, 2.75) is 32.6 Å². The molecule has 6 nitrogen and oxygen atoms in total. The standard InChI is InChI=1S/C17H18FN3O3/c1-10-5-6-14(12(18)9-10)21-13-4-2-3-11(13)16(20-21)17(24)19-8-7-15(22)23/h5-6,9H,2-4,7-8H2,1H3,(H,19,24)(H,22,23). The molecular formula is C17H18FN3O3. The van der Waals surface area contributed by atoms with Gasteiger partial charge in [0.1, 0.15) is 11.5 Å². The van der Waals surface area contributed by atoms with Crippen LogP contribution in [0.2, 0.25) is 0 Å². The highest BCUT2D eigenvalue weighted by Gasteiger charge is 2.27. The van der Waals surface area contributed by atoms with Gasteiger partial charge in [-0.05, 0) is 43.9 Å². The molecule has 0 aliphatic heterocycles. The van der Waals surface area contributed by atoms with Gasteiger partial charge in [-0.1, -0.05) is 6.07 Å². The number of rotatable bonds is 5. The lowest BCUT2D eigenvalue weighted by Gasteiger charge is -2.07. The molecule has 0 bridgehead atoms. The first-order valence-electron chi connectivity index (χ1n) is 7.84. The summed E-state index contributed by atoms with van der Waals surface area (Å²) in [5, 5.41) is 15.5. The Morgan fingerprint density at radius 1 is 1.38 bits per heavy atom. The summed E-state index contributed by atoms with van der Waals surface area (Å²) >= 11 is 0. The van der Waals surface area contributed by atoms with E-state index in [0.717, 1.165) is 29.7 Å². The molecule has 1 amide bonds. The molecule has 0 spiro atoms. The zero-order chi connectivity index (χ0) is 17.3. The maximum atomic E-state index is 14.3. The van der Waals surface area contributed by atoms with E-state index in [1.165, 1.54) is 10.7 Å². The number of nitrogens with zero attached hydrogens (tertiary/aromatic N) is 2. The van der Waals surface area contributed by atoms with Gasteiger partial charge in [0.25, 0.3) is 5.91 Å². The Kier molecular flexibility index (Phi) is 4.33. The van der Waals surface area contributed by atoms with Crippen LogP contribution in [-0.2, 0) is 17.6 Å². The molecule has 7 heteroatoms. The first kappa shape index (κ1) is 16.2. The number of fused-ring (bicyclic) bond motifs is 1. The average Bonchev–Trinajstić information content (AvgIpc) is 3.09. The molecule has 0 saturated heterocycles. The van der Waals surface area contributed by atoms with Gasteiger partial charge in [0, 0.05) is 17.8 Å². The lowest BCUT2D eigenvalue weighted by Crippen LogP contribution is -2.27. The molecule has 0 atom stereocenters. The second-order valence-electron chi connectivity index (χ2n) is 5.89. The van der Waals surface area contributed by atoms with Crippen LogP contribution in [0.25, 0.3) is 5.69 Å². The number of halogens is 1. The first-order chi connectivity index (χ1) is 11.5. The van der Waals surface area contributed by atoms with Gasteiger partial charge in [-0.3, -0.25) is 9.59 Å². The summed E-state index contributed by atoms with van der Waals surface area (Å²) in [6.07, 6.45) is 2.18. The zero-order valence-corrected chi connectivity index (χ0v) is 13.3. The van der Waals surface area contributed by atoms with Crippen molar-refractivity contribution in [3.63, 3.8) is 0 Å². The van der Waals surface area contributed by atoms with Crippen LogP contribution in [0.15, 0.2) is 18.2 Å². The highest BCUT2D eigenvalue weighted by Crippen LogP contribution is 2.28. The minimum atomic E-state index is -0.979. The summed E-state index contributed by atoms with van der Waals surface area (Å²) in [6.45, 7) is 1.84. The van der Waals surface area contributed by atoms with Crippen molar-refractivity contribution in [3.8, 4) is 5.69 Å². The van der Waals surface area contributed by atoms with Crippen LogP contribution in [0.5, 0.6) is 0 Å². The molecule has 1 aliphatic rings. The topological polar surface area (TPSA) is 84.2 Å². The third-order valence-electron chi connectivity index (χ3n) is 4.10. The molecule has 0 fully saturated rings. The maximum Gasteiger partial charge on any atom is 0.305 e. The van der Waals surface area contributed by atoms with Crippen LogP contribution < -0.4 is 5.32 Å². The highest BCUT2D eigenvalue weighted by molar-refractivity contribution is 5.94. The number of carboxylic acids is 1. The molecule has 126 valence electrons. The lowest BCUT2D eigenvalue weighted by atomic mass is 10.2. The van der Waals surface area contributed by atoms with Crippen molar-refractivity contribution >= 4 is 11.9 Å². The van der Waals surface area contributed by atoms with E-state index in [-0.39, 0.29) is 24.5 Å². The number of hydrogen-bond donors (Lipinski definition) is 2. The number of benzene rings is 1. The Hall–Kier alpha value is -2.70. The van der Waals surface area contributed by atoms with Crippen molar-refractivity contribution in [2.24, 2.45) is 0 Å². The van der Waals surface area contributed by atoms with E-state index >= 15 is 0 Å². The molecule has 0 saturated carbocycles. The Morgan fingerprint density at radius 3 is 2.88 bits per heavy atom. The number of carbonyl (C=O) groups excluding carboxylic acids is 1. The molecular weight excluding hydrogens is 313 g/mol. The maximum absolute atomic E-state index is 14.3. The van der Waals surface area contributed by atoms with Crippen LogP contribution >= 0.6 is 0 Å². The van der Waals surface area contributed by atoms with Crippen LogP contribution in [-0.4, -0.2) is 33.3 Å². The van der Waals surface area contributed by atoms with Gasteiger partial charge in [0.2, 0.25) is 0 Å². The quantitative estimate of drug-likeness (QED) is 0.878. The summed E-state index contributed by atoms with van der Waals surface area (Å²) in [5.74, 6) is -1.78. The monoisotopic (exact) mass is 331 g/mol. The van der Waals surface area contributed by atoms with Gasteiger partial charge in [-0.15, -0.1) is 0 Å². The second-order valence-corrected chi connectivity index (χ2v) is 5.89. The van der Waals surface area contributed by atoms with Crippen LogP contribution in [0.3, 0.4) is 0 Å². The number of hydrogen-bond acceptors (Lipinski definition) is 3. The second kappa shape index (κ2) is 6.43. The fraction of sp³-hybridized carbons (Fsp3) is 0.353. The number of aromatic nitrogens is 2. The van der Waals surface area contributed by atoms with Crippen molar-refractivity contribution in [3.05, 3.63) is 46.5 Å². The predicted octanol–water partition coefficient (Wildman–Crippen LogP) is 2.01. The third-order valence-corrected chi connectivity index (χ3v) is 4.10. The molecule has 0 radical (unpaired) electrons. The van der Waals surface area contributed by atoms with E-state index in [0.29, 0.717) is 12.1 Å². The summed E-state index contributed by atoms with van der Waals surface area (Å²) in [5.41, 5.74) is 3.06. The lowest BCUT2D eigenvalue weighted by molar-refractivity contribution is -0.136. The predicted molar refractivity (Wildman–Crippen MR) is 84.9 cm³/mol. The number of nitrogens with one attached hydrogen (secondary N) is 1. The largest absolute Gasteiger partial charge is 0.481 e. The molecule has 24 heavy (non-hydrogen) atoms. The van der Waals surface area contributed by atoms with Crippen LogP contribution in [0.1, 0.15) is 40.2 Å². The van der Waals surface area contributed by atoms with Crippen LogP contribution in [0, 0.1) is 12.7 Å². The fourth-order valence-electron chi connectivity index (χ4n) is 2.97. The molecule has 1 heterocycles. The molecule has 1 aromatic heterocycles. The van der Waals surface area contributed by atoms with Gasteiger partial charge in [0.05, 0.1) is 6.42 Å². The van der Waals surface area contributed by atoms with E-state index < -0.39 is 11.9 Å². The van der Waals surface area contributed by atoms with Crippen molar-refractivity contribution in [1.29, 1.82) is 0 Å². The Bertz CT molecular complexity index is 814. The van der Waals surface area contributed by atoms with Gasteiger partial charge >= 0.3 is 5.97 Å². The summed E-state index contributed by atoms with van der Waals surface area (Å²) in [7, 11) is 0. The number of amides is 1. The summed E-state index contributed by atoms with van der Waals surface area (Å²) < 4.78 is 15.8. The molecule has 3 rings (SSSR count). The van der Waals surface area contributed by atoms with Crippen molar-refractivity contribution in [1.82, 2.24) is 15.1 Å². The smallest absolute Gasteiger partial charge is 0.305 e. The first-order valence-corrected chi connectivity index (χ1v) is 7.84. The number of carboxylic acid groups (broad SMARTS) is 1. The van der Waals surface area contributed by atoms with Gasteiger partial charge in [-0.25, -0.2) is 9.07 Å². The molecule has 1 aromatic carbocycles. The molecule has 0 unspecified atom stereocenters. The van der Waals surface area contributed by atoms with E-state index in [1.807, 2.05) is 6.92 Å². The fourth-order valence-corrected chi connectivity index (χ4v) is 2.97. The Labute approximate surface area is 138 Å². The zero-order valence-electron chi connectivity index (χ0n) is 13.3. The SMILES string of the molecule is Cc1ccc(-n2nc(C(=O)NCCC(=O)O)c3c2CCC3)c(F)c1. The Morgan fingerprint density at radius 2 is 2.17 bits per heavy atom. The van der Waals surface area contributed by atoms with Gasteiger partial charge in [0.15, 0.2) is 5.69 Å². The highest BCUT2D eigenvalue weighted by atomic mass is 19.1. The Balaban J connectivity index is 1.93. The number of aryl methyl sites for hydroxylation is 1. The van der Waals surface area contributed by atoms with Gasteiger partial charge < -0.3 is 10.4 Å². The normalized spacial score (nSPS) is 12.9. The minimum Gasteiger partial charge on any atom is -0.481 e. The van der Waals surface area contributed by atoms with Gasteiger partial charge in [-0.2, -0.15) is 5.10 Å². The van der Waals surface area contributed by atoms with Crippen molar-refractivity contribution < 1.29 is 19.1 Å². The molecule has 2 N–H and O–H groups in total. The summed E-state index contributed by atoms with van der Waals surface area (Å²) in [6, 6.07) is 4.89.